The molecule has 0 saturated heterocycles. The molecule has 0 aliphatic rings. The summed E-state index contributed by atoms with van der Waals surface area (Å²) < 4.78 is 27.6. The molecular weight excluding hydrogens is 276 g/mol. The number of halogens is 2. The summed E-state index contributed by atoms with van der Waals surface area (Å²) in [6.45, 7) is 0.741. The lowest BCUT2D eigenvalue weighted by atomic mass is 10.1. The van der Waals surface area contributed by atoms with Crippen LogP contribution in [-0.2, 0) is 17.6 Å². The summed E-state index contributed by atoms with van der Waals surface area (Å²) >= 11 is 0. The van der Waals surface area contributed by atoms with Gasteiger partial charge in [0.05, 0.1) is 6.61 Å². The van der Waals surface area contributed by atoms with E-state index in [0.717, 1.165) is 43.7 Å². The number of nitrogens with zero attached hydrogens (tertiary/aromatic N) is 1. The average molecular weight is 301 g/mol. The summed E-state index contributed by atoms with van der Waals surface area (Å²) in [5.74, 6) is 0.956. The van der Waals surface area contributed by atoms with E-state index in [-0.39, 0.29) is 6.61 Å². The van der Waals surface area contributed by atoms with Crippen LogP contribution in [0.1, 0.15) is 31.0 Å². The summed E-state index contributed by atoms with van der Waals surface area (Å²) in [6, 6.07) is 4.19. The number of aromatic nitrogens is 1. The maximum Gasteiger partial charge on any atom is 0.345 e. The van der Waals surface area contributed by atoms with Crippen LogP contribution in [0.5, 0.6) is 0 Å². The van der Waals surface area contributed by atoms with Crippen molar-refractivity contribution in [3.05, 3.63) is 23.4 Å². The summed E-state index contributed by atoms with van der Waals surface area (Å²) in [5.41, 5.74) is 2.31. The van der Waals surface area contributed by atoms with Gasteiger partial charge in [0.2, 0.25) is 0 Å². The number of aryl methyl sites for hydroxylation is 2. The molecule has 0 atom stereocenters. The van der Waals surface area contributed by atoms with Crippen molar-refractivity contribution < 1.29 is 13.5 Å². The van der Waals surface area contributed by atoms with Crippen LogP contribution in [0.3, 0.4) is 0 Å². The van der Waals surface area contributed by atoms with Gasteiger partial charge in [-0.05, 0) is 43.9 Å². The lowest BCUT2D eigenvalue weighted by Gasteiger charge is -2.09. The fourth-order valence-electron chi connectivity index (χ4n) is 2.07. The molecule has 1 heterocycles. The highest BCUT2D eigenvalue weighted by Gasteiger charge is 2.03. The molecule has 0 aliphatic heterocycles. The Morgan fingerprint density at radius 1 is 1.24 bits per heavy atom. The van der Waals surface area contributed by atoms with Gasteiger partial charge in [-0.3, -0.25) is 0 Å². The Labute approximate surface area is 125 Å². The number of anilines is 1. The van der Waals surface area contributed by atoms with E-state index < -0.39 is 6.61 Å². The number of hydrogen-bond donors (Lipinski definition) is 2. The molecule has 21 heavy (non-hydrogen) atoms. The predicted molar refractivity (Wildman–Crippen MR) is 80.9 cm³/mol. The molecule has 120 valence electrons. The third-order valence-electron chi connectivity index (χ3n) is 3.21. The molecule has 0 unspecified atom stereocenters. The monoisotopic (exact) mass is 301 g/mol. The zero-order chi connectivity index (χ0) is 15.5. The third kappa shape index (κ3) is 7.34. The second-order valence-corrected chi connectivity index (χ2v) is 4.75. The molecular formula is C15H25F2N3O. The maximum absolute atomic E-state index is 11.7. The Bertz CT molecular complexity index is 403. The highest BCUT2D eigenvalue weighted by Crippen LogP contribution is 2.14. The molecule has 4 nitrogen and oxygen atoms in total. The van der Waals surface area contributed by atoms with E-state index >= 15 is 0 Å². The van der Waals surface area contributed by atoms with Gasteiger partial charge in [0, 0.05) is 19.3 Å². The maximum atomic E-state index is 11.7. The number of nitrogens with one attached hydrogen (secondary N) is 2. The molecule has 0 saturated carbocycles. The number of hydrogen-bond acceptors (Lipinski definition) is 4. The standard InChI is InChI=1S/C15H25F2N3O/c1-3-12-7-8-13(20-14(12)18-2)6-4-5-9-19-10-11-21-15(16)17/h7-8,15,19H,3-6,9-11H2,1-2H3,(H,18,20). The first kappa shape index (κ1) is 17.8. The quantitative estimate of drug-likeness (QED) is 0.617. The van der Waals surface area contributed by atoms with E-state index in [9.17, 15) is 8.78 Å². The van der Waals surface area contributed by atoms with Crippen LogP contribution in [-0.4, -0.2) is 38.3 Å². The van der Waals surface area contributed by atoms with Crippen molar-refractivity contribution >= 4 is 5.82 Å². The lowest BCUT2D eigenvalue weighted by Crippen LogP contribution is -2.22. The number of pyridine rings is 1. The summed E-state index contributed by atoms with van der Waals surface area (Å²) in [5, 5.41) is 6.20. The van der Waals surface area contributed by atoms with Crippen molar-refractivity contribution in [1.29, 1.82) is 0 Å². The molecule has 0 aromatic carbocycles. The number of alkyl halides is 2. The Balaban J connectivity index is 2.15. The highest BCUT2D eigenvalue weighted by atomic mass is 19.3. The largest absolute Gasteiger partial charge is 0.373 e. The predicted octanol–water partition coefficient (Wildman–Crippen LogP) is 2.84. The van der Waals surface area contributed by atoms with Gasteiger partial charge in [-0.25, -0.2) is 4.98 Å². The van der Waals surface area contributed by atoms with Gasteiger partial charge < -0.3 is 15.4 Å². The van der Waals surface area contributed by atoms with Crippen LogP contribution < -0.4 is 10.6 Å². The Hall–Kier alpha value is -1.27. The Morgan fingerprint density at radius 2 is 2.05 bits per heavy atom. The zero-order valence-corrected chi connectivity index (χ0v) is 12.8. The first-order valence-electron chi connectivity index (χ1n) is 7.44. The molecule has 0 spiro atoms. The highest BCUT2D eigenvalue weighted by molar-refractivity contribution is 5.44. The normalized spacial score (nSPS) is 11.1. The van der Waals surface area contributed by atoms with E-state index in [1.165, 1.54) is 5.56 Å². The van der Waals surface area contributed by atoms with Gasteiger partial charge >= 0.3 is 6.61 Å². The second-order valence-electron chi connectivity index (χ2n) is 4.75. The smallest absolute Gasteiger partial charge is 0.345 e. The van der Waals surface area contributed by atoms with Gasteiger partial charge in [0.25, 0.3) is 0 Å². The molecule has 0 amide bonds. The van der Waals surface area contributed by atoms with Gasteiger partial charge in [-0.1, -0.05) is 13.0 Å². The molecule has 1 aromatic rings. The number of unbranched alkanes of at least 4 members (excludes halogenated alkanes) is 1. The van der Waals surface area contributed by atoms with E-state index in [0.29, 0.717) is 6.54 Å². The topological polar surface area (TPSA) is 46.2 Å². The average Bonchev–Trinajstić information content (AvgIpc) is 2.49. The van der Waals surface area contributed by atoms with Crippen LogP contribution >= 0.6 is 0 Å². The van der Waals surface area contributed by atoms with Crippen molar-refractivity contribution in [2.24, 2.45) is 0 Å². The molecule has 0 fully saturated rings. The van der Waals surface area contributed by atoms with Gasteiger partial charge in [0.1, 0.15) is 5.82 Å². The van der Waals surface area contributed by atoms with Crippen molar-refractivity contribution in [2.45, 2.75) is 39.2 Å². The molecule has 0 bridgehead atoms. The minimum Gasteiger partial charge on any atom is -0.373 e. The van der Waals surface area contributed by atoms with Gasteiger partial charge in [-0.2, -0.15) is 8.78 Å². The van der Waals surface area contributed by atoms with E-state index in [1.807, 2.05) is 7.05 Å². The van der Waals surface area contributed by atoms with Crippen LogP contribution in [0.25, 0.3) is 0 Å². The zero-order valence-electron chi connectivity index (χ0n) is 12.8. The fraction of sp³-hybridized carbons (Fsp3) is 0.667. The van der Waals surface area contributed by atoms with Crippen LogP contribution in [0, 0.1) is 0 Å². The van der Waals surface area contributed by atoms with E-state index in [4.69, 9.17) is 0 Å². The second kappa shape index (κ2) is 10.5. The van der Waals surface area contributed by atoms with Crippen molar-refractivity contribution in [1.82, 2.24) is 10.3 Å². The summed E-state index contributed by atoms with van der Waals surface area (Å²) in [6.07, 6.45) is 3.90. The molecule has 1 aromatic heterocycles. The molecule has 2 N–H and O–H groups in total. The van der Waals surface area contributed by atoms with Crippen molar-refractivity contribution in [3.63, 3.8) is 0 Å². The minimum absolute atomic E-state index is 0.0449. The number of rotatable bonds is 11. The number of ether oxygens (including phenoxy) is 1. The Morgan fingerprint density at radius 3 is 2.71 bits per heavy atom. The fourth-order valence-corrected chi connectivity index (χ4v) is 2.07. The molecule has 1 rings (SSSR count). The molecule has 0 radical (unpaired) electrons. The first-order chi connectivity index (χ1) is 10.2. The summed E-state index contributed by atoms with van der Waals surface area (Å²) in [4.78, 5) is 4.59. The Kier molecular flexibility index (Phi) is 8.85. The van der Waals surface area contributed by atoms with Crippen molar-refractivity contribution in [3.8, 4) is 0 Å². The summed E-state index contributed by atoms with van der Waals surface area (Å²) in [7, 11) is 1.89. The van der Waals surface area contributed by atoms with Crippen molar-refractivity contribution in [2.75, 3.05) is 32.1 Å². The van der Waals surface area contributed by atoms with Gasteiger partial charge in [-0.15, -0.1) is 0 Å². The van der Waals surface area contributed by atoms with Crippen LogP contribution in [0.4, 0.5) is 14.6 Å². The van der Waals surface area contributed by atoms with E-state index in [2.05, 4.69) is 39.4 Å². The minimum atomic E-state index is -2.68. The molecule has 6 heteroatoms. The first-order valence-corrected chi connectivity index (χ1v) is 7.44. The lowest BCUT2D eigenvalue weighted by molar-refractivity contribution is -0.127. The van der Waals surface area contributed by atoms with Crippen LogP contribution in [0.15, 0.2) is 12.1 Å². The SMILES string of the molecule is CCc1ccc(CCCCNCCOC(F)F)nc1NC. The van der Waals surface area contributed by atoms with E-state index in [1.54, 1.807) is 0 Å². The molecule has 0 aliphatic carbocycles. The third-order valence-corrected chi connectivity index (χ3v) is 3.21. The van der Waals surface area contributed by atoms with Crippen LogP contribution in [0.2, 0.25) is 0 Å². The van der Waals surface area contributed by atoms with Gasteiger partial charge in [0.15, 0.2) is 0 Å².